The van der Waals surface area contributed by atoms with Gasteiger partial charge in [0.05, 0.1) is 17.6 Å². The van der Waals surface area contributed by atoms with Crippen LogP contribution in [0.3, 0.4) is 0 Å². The van der Waals surface area contributed by atoms with E-state index in [9.17, 15) is 8.42 Å². The molecule has 2 aromatic rings. The van der Waals surface area contributed by atoms with Crippen molar-refractivity contribution < 1.29 is 8.42 Å². The highest BCUT2D eigenvalue weighted by Crippen LogP contribution is 2.12. The highest BCUT2D eigenvalue weighted by atomic mass is 35.5. The van der Waals surface area contributed by atoms with Crippen molar-refractivity contribution in [1.29, 1.82) is 0 Å². The number of halogens is 1. The number of pyridine rings is 1. The third kappa shape index (κ3) is 3.94. The van der Waals surface area contributed by atoms with E-state index in [1.807, 2.05) is 0 Å². The lowest BCUT2D eigenvalue weighted by atomic mass is 10.3. The van der Waals surface area contributed by atoms with Crippen molar-refractivity contribution in [3.63, 3.8) is 0 Å². The first-order valence-corrected chi connectivity index (χ1v) is 8.21. The van der Waals surface area contributed by atoms with Crippen LogP contribution in [0.1, 0.15) is 6.92 Å². The van der Waals surface area contributed by atoms with Gasteiger partial charge in [0, 0.05) is 18.3 Å². The smallest absolute Gasteiger partial charge is 0.233 e. The molecule has 0 fully saturated rings. The van der Waals surface area contributed by atoms with Gasteiger partial charge in [-0.15, -0.1) is 11.6 Å². The number of sulfonamides is 1. The molecule has 1 unspecified atom stereocenters. The summed E-state index contributed by atoms with van der Waals surface area (Å²) in [7, 11) is -3.41. The second kappa shape index (κ2) is 6.23. The number of hydrogen-bond acceptors (Lipinski definition) is 4. The average molecular weight is 315 g/mol. The van der Waals surface area contributed by atoms with Crippen molar-refractivity contribution in [1.82, 2.24) is 14.8 Å². The number of alkyl halides is 1. The monoisotopic (exact) mass is 314 g/mol. The van der Waals surface area contributed by atoms with Crippen LogP contribution in [-0.4, -0.2) is 34.8 Å². The Morgan fingerprint density at radius 1 is 1.45 bits per heavy atom. The Hall–Kier alpha value is -1.60. The van der Waals surface area contributed by atoms with Crippen molar-refractivity contribution in [2.24, 2.45) is 5.92 Å². The van der Waals surface area contributed by atoms with E-state index < -0.39 is 10.0 Å². The Labute approximate surface area is 122 Å². The topological polar surface area (TPSA) is 76.9 Å². The molecule has 0 aliphatic heterocycles. The molecule has 0 saturated carbocycles. The Bertz CT molecular complexity index is 641. The minimum atomic E-state index is -3.41. The summed E-state index contributed by atoms with van der Waals surface area (Å²) in [6.45, 7) is 1.78. The van der Waals surface area contributed by atoms with E-state index in [0.717, 1.165) is 0 Å². The van der Waals surface area contributed by atoms with Crippen LogP contribution in [0, 0.1) is 5.92 Å². The Kier molecular flexibility index (Phi) is 4.61. The molecule has 0 bridgehead atoms. The molecule has 1 atom stereocenters. The summed E-state index contributed by atoms with van der Waals surface area (Å²) in [5.41, 5.74) is 0.419. The summed E-state index contributed by atoms with van der Waals surface area (Å²) < 4.78 is 27.8. The van der Waals surface area contributed by atoms with E-state index in [4.69, 9.17) is 11.6 Å². The number of anilines is 1. The number of hydrogen-bond donors (Lipinski definition) is 1. The number of rotatable bonds is 6. The minimum Gasteiger partial charge on any atom is -0.282 e. The van der Waals surface area contributed by atoms with Crippen molar-refractivity contribution >= 4 is 27.3 Å². The molecule has 0 radical (unpaired) electrons. The lowest BCUT2D eigenvalue weighted by Crippen LogP contribution is -2.22. The van der Waals surface area contributed by atoms with Gasteiger partial charge in [0.25, 0.3) is 0 Å². The third-order valence-corrected chi connectivity index (χ3v) is 4.61. The quantitative estimate of drug-likeness (QED) is 0.826. The van der Waals surface area contributed by atoms with E-state index in [-0.39, 0.29) is 11.7 Å². The summed E-state index contributed by atoms with van der Waals surface area (Å²) in [6, 6.07) is 5.12. The summed E-state index contributed by atoms with van der Waals surface area (Å²) in [4.78, 5) is 4.15. The van der Waals surface area contributed by atoms with Crippen LogP contribution in [-0.2, 0) is 10.0 Å². The standard InChI is InChI=1S/C12H15ClN4O2S/c1-10(7-13)9-20(18,19)16-11-3-4-12(14-8-11)17-6-2-5-15-17/h2-6,8,10,16H,7,9H2,1H3. The number of aromatic nitrogens is 3. The molecule has 0 aromatic carbocycles. The number of nitrogens with zero attached hydrogens (tertiary/aromatic N) is 3. The first-order valence-electron chi connectivity index (χ1n) is 6.03. The van der Waals surface area contributed by atoms with Crippen molar-refractivity contribution in [3.05, 3.63) is 36.8 Å². The van der Waals surface area contributed by atoms with Crippen molar-refractivity contribution in [3.8, 4) is 5.82 Å². The van der Waals surface area contributed by atoms with Crippen LogP contribution in [0.25, 0.3) is 5.82 Å². The normalized spacial score (nSPS) is 13.1. The second-order valence-corrected chi connectivity index (χ2v) is 6.57. The summed E-state index contributed by atoms with van der Waals surface area (Å²) in [5.74, 6) is 0.798. The molecule has 8 heteroatoms. The first kappa shape index (κ1) is 14.8. The molecular formula is C12H15ClN4O2S. The molecular weight excluding hydrogens is 300 g/mol. The Morgan fingerprint density at radius 3 is 2.80 bits per heavy atom. The van der Waals surface area contributed by atoms with E-state index in [1.54, 1.807) is 42.2 Å². The molecule has 0 aliphatic rings. The minimum absolute atomic E-state index is 0.0165. The zero-order valence-corrected chi connectivity index (χ0v) is 12.5. The van der Waals surface area contributed by atoms with Gasteiger partial charge in [-0.1, -0.05) is 6.92 Å². The van der Waals surface area contributed by atoms with Crippen LogP contribution in [0.5, 0.6) is 0 Å². The lowest BCUT2D eigenvalue weighted by molar-refractivity contribution is 0.588. The zero-order chi connectivity index (χ0) is 14.6. The molecule has 0 amide bonds. The summed E-state index contributed by atoms with van der Waals surface area (Å²) >= 11 is 5.62. The zero-order valence-electron chi connectivity index (χ0n) is 10.9. The SMILES string of the molecule is CC(CCl)CS(=O)(=O)Nc1ccc(-n2cccn2)nc1. The average Bonchev–Trinajstić information content (AvgIpc) is 2.92. The van der Waals surface area contributed by atoms with Gasteiger partial charge in [0.15, 0.2) is 5.82 Å². The maximum atomic E-state index is 11.9. The van der Waals surface area contributed by atoms with Crippen LogP contribution in [0.2, 0.25) is 0 Å². The fourth-order valence-electron chi connectivity index (χ4n) is 1.63. The largest absolute Gasteiger partial charge is 0.282 e. The predicted molar refractivity (Wildman–Crippen MR) is 78.7 cm³/mol. The maximum Gasteiger partial charge on any atom is 0.233 e. The van der Waals surface area contributed by atoms with E-state index in [2.05, 4.69) is 14.8 Å². The highest BCUT2D eigenvalue weighted by Gasteiger charge is 2.15. The molecule has 1 N–H and O–H groups in total. The molecule has 0 saturated heterocycles. The van der Waals surface area contributed by atoms with Gasteiger partial charge in [-0.25, -0.2) is 18.1 Å². The van der Waals surface area contributed by atoms with E-state index >= 15 is 0 Å². The summed E-state index contributed by atoms with van der Waals surface area (Å²) in [5, 5.41) is 4.04. The van der Waals surface area contributed by atoms with Gasteiger partial charge < -0.3 is 0 Å². The molecule has 6 nitrogen and oxygen atoms in total. The van der Waals surface area contributed by atoms with Crippen LogP contribution in [0.4, 0.5) is 5.69 Å². The van der Waals surface area contributed by atoms with Crippen LogP contribution < -0.4 is 4.72 Å². The molecule has 2 aromatic heterocycles. The fraction of sp³-hybridized carbons (Fsp3) is 0.333. The molecule has 20 heavy (non-hydrogen) atoms. The fourth-order valence-corrected chi connectivity index (χ4v) is 3.30. The Morgan fingerprint density at radius 2 is 2.25 bits per heavy atom. The van der Waals surface area contributed by atoms with Gasteiger partial charge in [-0.2, -0.15) is 5.10 Å². The summed E-state index contributed by atoms with van der Waals surface area (Å²) in [6.07, 6.45) is 4.86. The predicted octanol–water partition coefficient (Wildman–Crippen LogP) is 1.88. The molecule has 0 spiro atoms. The van der Waals surface area contributed by atoms with Crippen LogP contribution in [0.15, 0.2) is 36.8 Å². The maximum absolute atomic E-state index is 11.9. The lowest BCUT2D eigenvalue weighted by Gasteiger charge is -2.11. The molecule has 108 valence electrons. The van der Waals surface area contributed by atoms with Crippen molar-refractivity contribution in [2.75, 3.05) is 16.4 Å². The molecule has 2 rings (SSSR count). The van der Waals surface area contributed by atoms with Gasteiger partial charge in [-0.05, 0) is 24.1 Å². The highest BCUT2D eigenvalue weighted by molar-refractivity contribution is 7.92. The first-order chi connectivity index (χ1) is 9.50. The van der Waals surface area contributed by atoms with E-state index in [0.29, 0.717) is 17.4 Å². The van der Waals surface area contributed by atoms with Gasteiger partial charge >= 0.3 is 0 Å². The van der Waals surface area contributed by atoms with Gasteiger partial charge in [-0.3, -0.25) is 4.72 Å². The van der Waals surface area contributed by atoms with Gasteiger partial charge in [0.1, 0.15) is 0 Å². The number of nitrogens with one attached hydrogen (secondary N) is 1. The second-order valence-electron chi connectivity index (χ2n) is 4.50. The van der Waals surface area contributed by atoms with Crippen LogP contribution >= 0.6 is 11.6 Å². The third-order valence-electron chi connectivity index (χ3n) is 2.53. The molecule has 0 aliphatic carbocycles. The molecule has 2 heterocycles. The Balaban J connectivity index is 2.07. The van der Waals surface area contributed by atoms with Crippen molar-refractivity contribution in [2.45, 2.75) is 6.92 Å². The van der Waals surface area contributed by atoms with E-state index in [1.165, 1.54) is 6.20 Å². The van der Waals surface area contributed by atoms with Gasteiger partial charge in [0.2, 0.25) is 10.0 Å².